The third kappa shape index (κ3) is 7.97. The van der Waals surface area contributed by atoms with E-state index in [1.807, 2.05) is 6.07 Å². The molecule has 0 aromatic carbocycles. The predicted octanol–water partition coefficient (Wildman–Crippen LogP) is 2.61. The zero-order chi connectivity index (χ0) is 21.8. The second-order valence-corrected chi connectivity index (χ2v) is 8.08. The smallest absolute Gasteiger partial charge is 0.220 e. The van der Waals surface area contributed by atoms with Gasteiger partial charge in [0.2, 0.25) is 5.91 Å². The Kier molecular flexibility index (Phi) is 10.7. The van der Waals surface area contributed by atoms with Crippen molar-refractivity contribution in [2.45, 2.75) is 71.8 Å². The molecule has 1 fully saturated rings. The fourth-order valence-electron chi connectivity index (χ4n) is 3.91. The standard InChI is InChI=1S/C22H40N6O2/c1-4-17(5-2)20-15-19(30-27-20)16-26-22(24-6-3)25-11-7-8-12-28-13-9-18(10-14-28)21(23)29/h15,17-18H,4-14,16H2,1-3H3,(H2,23,29)(H2,24,25,26). The number of unbranched alkanes of at least 4 members (excludes halogenated alkanes) is 1. The van der Waals surface area contributed by atoms with Crippen LogP contribution in [0.2, 0.25) is 0 Å². The average molecular weight is 421 g/mol. The van der Waals surface area contributed by atoms with Crippen LogP contribution in [0.1, 0.15) is 76.7 Å². The van der Waals surface area contributed by atoms with E-state index in [0.29, 0.717) is 12.5 Å². The molecule has 170 valence electrons. The molecule has 0 unspecified atom stereocenters. The van der Waals surface area contributed by atoms with Crippen molar-refractivity contribution < 1.29 is 9.32 Å². The summed E-state index contributed by atoms with van der Waals surface area (Å²) in [6, 6.07) is 2.03. The highest BCUT2D eigenvalue weighted by Gasteiger charge is 2.22. The van der Waals surface area contributed by atoms with Crippen LogP contribution in [0.5, 0.6) is 0 Å². The first-order chi connectivity index (χ1) is 14.6. The molecule has 30 heavy (non-hydrogen) atoms. The molecule has 1 aromatic heterocycles. The van der Waals surface area contributed by atoms with Gasteiger partial charge in [-0.05, 0) is 65.1 Å². The summed E-state index contributed by atoms with van der Waals surface area (Å²) < 4.78 is 5.46. The lowest BCUT2D eigenvalue weighted by Crippen LogP contribution is -2.39. The van der Waals surface area contributed by atoms with Gasteiger partial charge in [-0.1, -0.05) is 19.0 Å². The molecule has 0 radical (unpaired) electrons. The first-order valence-electron chi connectivity index (χ1n) is 11.6. The number of hydrogen-bond donors (Lipinski definition) is 3. The number of rotatable bonds is 12. The van der Waals surface area contributed by atoms with Crippen LogP contribution in [-0.2, 0) is 11.3 Å². The molecule has 1 aliphatic rings. The van der Waals surface area contributed by atoms with Crippen LogP contribution in [-0.4, -0.2) is 54.6 Å². The van der Waals surface area contributed by atoms with Crippen molar-refractivity contribution in [2.75, 3.05) is 32.7 Å². The number of hydrogen-bond acceptors (Lipinski definition) is 5. The van der Waals surface area contributed by atoms with Gasteiger partial charge < -0.3 is 25.8 Å². The summed E-state index contributed by atoms with van der Waals surface area (Å²) in [5.74, 6) is 1.98. The number of carbonyl (C=O) groups is 1. The van der Waals surface area contributed by atoms with Gasteiger partial charge in [-0.2, -0.15) is 0 Å². The minimum absolute atomic E-state index is 0.0667. The maximum absolute atomic E-state index is 11.2. The number of nitrogens with one attached hydrogen (secondary N) is 2. The minimum Gasteiger partial charge on any atom is -0.369 e. The number of aliphatic imine (C=N–C) groups is 1. The van der Waals surface area contributed by atoms with E-state index in [4.69, 9.17) is 10.3 Å². The largest absolute Gasteiger partial charge is 0.369 e. The van der Waals surface area contributed by atoms with E-state index in [2.05, 4.69) is 46.5 Å². The average Bonchev–Trinajstić information content (AvgIpc) is 3.21. The number of nitrogens with zero attached hydrogens (tertiary/aromatic N) is 3. The number of nitrogens with two attached hydrogens (primary N) is 1. The van der Waals surface area contributed by atoms with Crippen molar-refractivity contribution in [3.63, 3.8) is 0 Å². The van der Waals surface area contributed by atoms with Crippen LogP contribution in [0.4, 0.5) is 0 Å². The van der Waals surface area contributed by atoms with Gasteiger partial charge in [-0.3, -0.25) is 4.79 Å². The molecule has 8 nitrogen and oxygen atoms in total. The van der Waals surface area contributed by atoms with E-state index >= 15 is 0 Å². The molecule has 0 aliphatic carbocycles. The number of piperidine rings is 1. The summed E-state index contributed by atoms with van der Waals surface area (Å²) in [4.78, 5) is 18.3. The summed E-state index contributed by atoms with van der Waals surface area (Å²) in [6.07, 6.45) is 6.12. The van der Waals surface area contributed by atoms with Crippen molar-refractivity contribution >= 4 is 11.9 Å². The number of primary amides is 1. The van der Waals surface area contributed by atoms with Gasteiger partial charge in [0.25, 0.3) is 0 Å². The van der Waals surface area contributed by atoms with E-state index in [1.165, 1.54) is 0 Å². The Labute approximate surface area is 181 Å². The van der Waals surface area contributed by atoms with E-state index in [0.717, 1.165) is 88.7 Å². The van der Waals surface area contributed by atoms with Crippen LogP contribution < -0.4 is 16.4 Å². The van der Waals surface area contributed by atoms with Gasteiger partial charge in [-0.15, -0.1) is 0 Å². The molecule has 1 amide bonds. The van der Waals surface area contributed by atoms with Gasteiger partial charge in [-0.25, -0.2) is 4.99 Å². The lowest BCUT2D eigenvalue weighted by molar-refractivity contribution is -0.123. The van der Waals surface area contributed by atoms with Gasteiger partial charge in [0, 0.05) is 31.0 Å². The summed E-state index contributed by atoms with van der Waals surface area (Å²) in [5, 5.41) is 10.9. The van der Waals surface area contributed by atoms with Gasteiger partial charge >= 0.3 is 0 Å². The van der Waals surface area contributed by atoms with Crippen LogP contribution in [0.25, 0.3) is 0 Å². The first kappa shape index (κ1) is 24.2. The summed E-state index contributed by atoms with van der Waals surface area (Å²) in [5.41, 5.74) is 6.43. The zero-order valence-electron chi connectivity index (χ0n) is 19.0. The maximum Gasteiger partial charge on any atom is 0.220 e. The minimum atomic E-state index is -0.147. The second-order valence-electron chi connectivity index (χ2n) is 8.08. The van der Waals surface area contributed by atoms with Crippen LogP contribution in [0.15, 0.2) is 15.6 Å². The molecular formula is C22H40N6O2. The van der Waals surface area contributed by atoms with Crippen molar-refractivity contribution in [3.05, 3.63) is 17.5 Å². The second kappa shape index (κ2) is 13.3. The van der Waals surface area contributed by atoms with Crippen molar-refractivity contribution in [1.29, 1.82) is 0 Å². The third-order valence-corrected chi connectivity index (χ3v) is 5.90. The highest BCUT2D eigenvalue weighted by atomic mass is 16.5. The van der Waals surface area contributed by atoms with E-state index in [9.17, 15) is 4.79 Å². The van der Waals surface area contributed by atoms with Crippen LogP contribution in [0, 0.1) is 5.92 Å². The molecule has 8 heteroatoms. The third-order valence-electron chi connectivity index (χ3n) is 5.90. The van der Waals surface area contributed by atoms with E-state index in [1.54, 1.807) is 0 Å². The molecule has 2 heterocycles. The molecule has 0 atom stereocenters. The Morgan fingerprint density at radius 1 is 1.27 bits per heavy atom. The number of likely N-dealkylation sites (tertiary alicyclic amines) is 1. The number of aromatic nitrogens is 1. The van der Waals surface area contributed by atoms with Crippen LogP contribution >= 0.6 is 0 Å². The first-order valence-corrected chi connectivity index (χ1v) is 11.6. The lowest BCUT2D eigenvalue weighted by Gasteiger charge is -2.30. The van der Waals surface area contributed by atoms with E-state index < -0.39 is 0 Å². The number of amides is 1. The highest BCUT2D eigenvalue weighted by molar-refractivity contribution is 5.79. The molecule has 1 saturated heterocycles. The quantitative estimate of drug-likeness (QED) is 0.272. The summed E-state index contributed by atoms with van der Waals surface area (Å²) in [6.45, 7) is 11.6. The van der Waals surface area contributed by atoms with Crippen LogP contribution in [0.3, 0.4) is 0 Å². The topological polar surface area (TPSA) is 109 Å². The van der Waals surface area contributed by atoms with Gasteiger partial charge in [0.15, 0.2) is 11.7 Å². The normalized spacial score (nSPS) is 16.2. The fraction of sp³-hybridized carbons (Fsp3) is 0.773. The Hall–Kier alpha value is -2.09. The predicted molar refractivity (Wildman–Crippen MR) is 120 cm³/mol. The Morgan fingerprint density at radius 3 is 2.63 bits per heavy atom. The highest BCUT2D eigenvalue weighted by Crippen LogP contribution is 2.22. The molecular weight excluding hydrogens is 380 g/mol. The molecule has 2 rings (SSSR count). The maximum atomic E-state index is 11.2. The monoisotopic (exact) mass is 420 g/mol. The Bertz CT molecular complexity index is 648. The lowest BCUT2D eigenvalue weighted by atomic mass is 9.96. The van der Waals surface area contributed by atoms with Gasteiger partial charge in [0.1, 0.15) is 6.54 Å². The fourth-order valence-corrected chi connectivity index (χ4v) is 3.91. The Balaban J connectivity index is 1.68. The number of carbonyl (C=O) groups excluding carboxylic acids is 1. The summed E-state index contributed by atoms with van der Waals surface area (Å²) in [7, 11) is 0. The molecule has 4 N–H and O–H groups in total. The Morgan fingerprint density at radius 2 is 2.00 bits per heavy atom. The zero-order valence-corrected chi connectivity index (χ0v) is 19.0. The molecule has 1 aliphatic heterocycles. The van der Waals surface area contributed by atoms with Crippen molar-refractivity contribution in [3.8, 4) is 0 Å². The van der Waals surface area contributed by atoms with Crippen molar-refractivity contribution in [1.82, 2.24) is 20.7 Å². The van der Waals surface area contributed by atoms with Crippen molar-refractivity contribution in [2.24, 2.45) is 16.6 Å². The molecule has 0 bridgehead atoms. The molecule has 1 aromatic rings. The number of guanidine groups is 1. The molecule has 0 spiro atoms. The van der Waals surface area contributed by atoms with Gasteiger partial charge in [0.05, 0.1) is 5.69 Å². The summed E-state index contributed by atoms with van der Waals surface area (Å²) >= 11 is 0. The SMILES string of the molecule is CCNC(=NCc1cc(C(CC)CC)no1)NCCCCN1CCC(C(N)=O)CC1. The molecule has 0 saturated carbocycles. The van der Waals surface area contributed by atoms with E-state index in [-0.39, 0.29) is 11.8 Å².